The number of nitrogens with zero attached hydrogens (tertiary/aromatic N) is 1. The summed E-state index contributed by atoms with van der Waals surface area (Å²) in [7, 11) is 1.75. The Kier molecular flexibility index (Phi) is 5.72. The molecule has 3 N–H and O–H groups in total. The molecular formula is C13H17FN2O2. The molecule has 1 rings (SSSR count). The monoisotopic (exact) mass is 252 g/mol. The van der Waals surface area contributed by atoms with Gasteiger partial charge in [0, 0.05) is 5.56 Å². The predicted molar refractivity (Wildman–Crippen MR) is 65.2 cm³/mol. The van der Waals surface area contributed by atoms with Gasteiger partial charge in [-0.25, -0.2) is 4.39 Å². The van der Waals surface area contributed by atoms with Gasteiger partial charge in [0.1, 0.15) is 11.9 Å². The second kappa shape index (κ2) is 7.07. The van der Waals surface area contributed by atoms with Gasteiger partial charge in [0.05, 0.1) is 18.6 Å². The third-order valence-corrected chi connectivity index (χ3v) is 2.74. The van der Waals surface area contributed by atoms with Crippen LogP contribution in [-0.2, 0) is 6.42 Å². The van der Waals surface area contributed by atoms with Gasteiger partial charge in [-0.15, -0.1) is 0 Å². The SMILES string of the molecule is CNCCC(O)C(O)c1ccc(F)c(CC#N)c1. The zero-order chi connectivity index (χ0) is 13.5. The topological polar surface area (TPSA) is 76.3 Å². The second-order valence-electron chi connectivity index (χ2n) is 4.09. The van der Waals surface area contributed by atoms with Crippen LogP contribution in [0, 0.1) is 17.1 Å². The van der Waals surface area contributed by atoms with Gasteiger partial charge in [0.15, 0.2) is 0 Å². The van der Waals surface area contributed by atoms with Gasteiger partial charge in [0.2, 0.25) is 0 Å². The smallest absolute Gasteiger partial charge is 0.127 e. The highest BCUT2D eigenvalue weighted by Gasteiger charge is 2.18. The summed E-state index contributed by atoms with van der Waals surface area (Å²) in [6.07, 6.45) is -1.66. The first-order valence-corrected chi connectivity index (χ1v) is 5.76. The van der Waals surface area contributed by atoms with Crippen LogP contribution in [0.25, 0.3) is 0 Å². The van der Waals surface area contributed by atoms with Gasteiger partial charge >= 0.3 is 0 Å². The van der Waals surface area contributed by atoms with Crippen LogP contribution in [0.3, 0.4) is 0 Å². The lowest BCUT2D eigenvalue weighted by Gasteiger charge is -2.18. The second-order valence-corrected chi connectivity index (χ2v) is 4.09. The third kappa shape index (κ3) is 3.77. The molecule has 0 aliphatic heterocycles. The minimum atomic E-state index is -1.07. The molecule has 0 amide bonds. The highest BCUT2D eigenvalue weighted by Crippen LogP contribution is 2.21. The molecule has 0 heterocycles. The van der Waals surface area contributed by atoms with Crippen molar-refractivity contribution in [3.8, 4) is 6.07 Å². The summed E-state index contributed by atoms with van der Waals surface area (Å²) >= 11 is 0. The van der Waals surface area contributed by atoms with Gasteiger partial charge in [-0.05, 0) is 37.7 Å². The van der Waals surface area contributed by atoms with Crippen LogP contribution in [-0.4, -0.2) is 29.9 Å². The van der Waals surface area contributed by atoms with Gasteiger partial charge in [-0.3, -0.25) is 0 Å². The highest BCUT2D eigenvalue weighted by atomic mass is 19.1. The Balaban J connectivity index is 2.82. The van der Waals surface area contributed by atoms with Crippen molar-refractivity contribution in [3.05, 3.63) is 35.1 Å². The molecule has 2 unspecified atom stereocenters. The molecular weight excluding hydrogens is 235 g/mol. The van der Waals surface area contributed by atoms with E-state index in [-0.39, 0.29) is 12.0 Å². The average Bonchev–Trinajstić information content (AvgIpc) is 2.38. The Hall–Kier alpha value is -1.48. The number of aliphatic hydroxyl groups excluding tert-OH is 2. The van der Waals surface area contributed by atoms with Crippen molar-refractivity contribution in [3.63, 3.8) is 0 Å². The first-order valence-electron chi connectivity index (χ1n) is 5.76. The minimum absolute atomic E-state index is 0.0565. The molecule has 0 aromatic heterocycles. The number of hydrogen-bond donors (Lipinski definition) is 3. The number of halogens is 1. The van der Waals surface area contributed by atoms with Crippen molar-refractivity contribution in [1.29, 1.82) is 5.26 Å². The number of benzene rings is 1. The summed E-state index contributed by atoms with van der Waals surface area (Å²) in [5, 5.41) is 31.1. The van der Waals surface area contributed by atoms with E-state index in [9.17, 15) is 14.6 Å². The van der Waals surface area contributed by atoms with Crippen LogP contribution >= 0.6 is 0 Å². The molecule has 1 aromatic carbocycles. The van der Waals surface area contributed by atoms with Crippen LogP contribution in [0.15, 0.2) is 18.2 Å². The van der Waals surface area contributed by atoms with E-state index in [2.05, 4.69) is 5.32 Å². The van der Waals surface area contributed by atoms with E-state index in [0.29, 0.717) is 18.5 Å². The quantitative estimate of drug-likeness (QED) is 0.703. The molecule has 0 aliphatic rings. The summed E-state index contributed by atoms with van der Waals surface area (Å²) in [4.78, 5) is 0. The summed E-state index contributed by atoms with van der Waals surface area (Å²) in [6.45, 7) is 0.574. The van der Waals surface area contributed by atoms with Crippen molar-refractivity contribution in [2.24, 2.45) is 0 Å². The number of nitriles is 1. The van der Waals surface area contributed by atoms with E-state index < -0.39 is 18.0 Å². The Bertz CT molecular complexity index is 431. The molecule has 0 bridgehead atoms. The molecule has 0 radical (unpaired) electrons. The highest BCUT2D eigenvalue weighted by molar-refractivity contribution is 5.29. The third-order valence-electron chi connectivity index (χ3n) is 2.74. The van der Waals surface area contributed by atoms with Gasteiger partial charge in [0.25, 0.3) is 0 Å². The first-order chi connectivity index (χ1) is 8.60. The molecule has 1 aromatic rings. The van der Waals surface area contributed by atoms with Crippen LogP contribution in [0.4, 0.5) is 4.39 Å². The fraction of sp³-hybridized carbons (Fsp3) is 0.462. The molecule has 0 saturated carbocycles. The van der Waals surface area contributed by atoms with Crippen LogP contribution < -0.4 is 5.32 Å². The summed E-state index contributed by atoms with van der Waals surface area (Å²) in [5.41, 5.74) is 0.653. The van der Waals surface area contributed by atoms with Crippen molar-refractivity contribution in [1.82, 2.24) is 5.32 Å². The predicted octanol–water partition coefficient (Wildman–Crippen LogP) is 0.896. The molecule has 0 spiro atoms. The van der Waals surface area contributed by atoms with E-state index in [1.165, 1.54) is 18.2 Å². The normalized spacial score (nSPS) is 13.9. The minimum Gasteiger partial charge on any atom is -0.390 e. The van der Waals surface area contributed by atoms with E-state index in [0.717, 1.165) is 0 Å². The average molecular weight is 252 g/mol. The molecule has 0 aliphatic carbocycles. The summed E-state index contributed by atoms with van der Waals surface area (Å²) < 4.78 is 13.3. The first kappa shape index (κ1) is 14.6. The zero-order valence-electron chi connectivity index (χ0n) is 10.2. The lowest BCUT2D eigenvalue weighted by Crippen LogP contribution is -2.23. The Morgan fingerprint density at radius 3 is 2.78 bits per heavy atom. The number of rotatable bonds is 6. The molecule has 5 heteroatoms. The van der Waals surface area contributed by atoms with Gasteiger partial charge in [-0.2, -0.15) is 5.26 Å². The van der Waals surface area contributed by atoms with Gasteiger partial charge < -0.3 is 15.5 Å². The number of nitrogens with one attached hydrogen (secondary N) is 1. The van der Waals surface area contributed by atoms with Crippen molar-refractivity contribution >= 4 is 0 Å². The van der Waals surface area contributed by atoms with E-state index in [4.69, 9.17) is 5.26 Å². The lowest BCUT2D eigenvalue weighted by molar-refractivity contribution is 0.0139. The largest absolute Gasteiger partial charge is 0.390 e. The fourth-order valence-corrected chi connectivity index (χ4v) is 1.67. The van der Waals surface area contributed by atoms with Crippen molar-refractivity contribution in [2.75, 3.05) is 13.6 Å². The molecule has 18 heavy (non-hydrogen) atoms. The van der Waals surface area contributed by atoms with Crippen LogP contribution in [0.5, 0.6) is 0 Å². The van der Waals surface area contributed by atoms with Crippen LogP contribution in [0.2, 0.25) is 0 Å². The number of hydrogen-bond acceptors (Lipinski definition) is 4. The Morgan fingerprint density at radius 2 is 2.17 bits per heavy atom. The molecule has 0 fully saturated rings. The number of aliphatic hydroxyl groups is 2. The Labute approximate surface area is 106 Å². The molecule has 0 saturated heterocycles. The summed E-state index contributed by atoms with van der Waals surface area (Å²) in [6, 6.07) is 5.91. The standard InChI is InChI=1S/C13H17FN2O2/c1-16-7-5-12(17)13(18)10-2-3-11(14)9(8-10)4-6-15/h2-3,8,12-13,16-18H,4-5,7H2,1H3. The van der Waals surface area contributed by atoms with Crippen molar-refractivity contribution < 1.29 is 14.6 Å². The maximum atomic E-state index is 13.3. The van der Waals surface area contributed by atoms with E-state index >= 15 is 0 Å². The zero-order valence-corrected chi connectivity index (χ0v) is 10.2. The van der Waals surface area contributed by atoms with Gasteiger partial charge in [-0.1, -0.05) is 6.07 Å². The summed E-state index contributed by atoms with van der Waals surface area (Å²) in [5.74, 6) is -0.475. The maximum Gasteiger partial charge on any atom is 0.127 e. The molecule has 2 atom stereocenters. The fourth-order valence-electron chi connectivity index (χ4n) is 1.67. The van der Waals surface area contributed by atoms with Crippen LogP contribution in [0.1, 0.15) is 23.7 Å². The van der Waals surface area contributed by atoms with Crippen molar-refractivity contribution in [2.45, 2.75) is 25.0 Å². The lowest BCUT2D eigenvalue weighted by atomic mass is 9.99. The molecule has 4 nitrogen and oxygen atoms in total. The van der Waals surface area contributed by atoms with E-state index in [1.807, 2.05) is 6.07 Å². The maximum absolute atomic E-state index is 13.3. The van der Waals surface area contributed by atoms with E-state index in [1.54, 1.807) is 7.05 Å². The molecule has 98 valence electrons. The Morgan fingerprint density at radius 1 is 1.44 bits per heavy atom.